The summed E-state index contributed by atoms with van der Waals surface area (Å²) >= 11 is 13.6. The summed E-state index contributed by atoms with van der Waals surface area (Å²) in [5.41, 5.74) is 0.311. The van der Waals surface area contributed by atoms with Crippen molar-refractivity contribution in [3.8, 4) is 0 Å². The molecule has 0 amide bonds. The Balaban J connectivity index is 2.60. The Morgan fingerprint density at radius 2 is 2.12 bits per heavy atom. The molecule has 0 aromatic rings. The van der Waals surface area contributed by atoms with Gasteiger partial charge in [-0.15, -0.1) is 12.6 Å². The van der Waals surface area contributed by atoms with E-state index in [-0.39, 0.29) is 10.4 Å². The molecule has 2 atom stereocenters. The van der Waals surface area contributed by atoms with Crippen LogP contribution in [-0.2, 0) is 0 Å². The average molecular weight is 295 g/mol. The predicted octanol–water partition coefficient (Wildman–Crippen LogP) is 2.88. The van der Waals surface area contributed by atoms with Crippen molar-refractivity contribution >= 4 is 37.9 Å². The molecule has 1 aliphatic rings. The number of hydrogen-bond donors (Lipinski definition) is 4. The molecule has 102 valence electrons. The second-order valence-electron chi connectivity index (χ2n) is 5.70. The summed E-state index contributed by atoms with van der Waals surface area (Å²) < 4.78 is 0. The minimum atomic E-state index is -0.190. The highest BCUT2D eigenvalue weighted by atomic mass is 32.1. The van der Waals surface area contributed by atoms with E-state index in [0.717, 1.165) is 25.3 Å². The van der Waals surface area contributed by atoms with Crippen molar-refractivity contribution in [3.05, 3.63) is 0 Å². The van der Waals surface area contributed by atoms with Gasteiger partial charge in [-0.3, -0.25) is 10.2 Å². The lowest BCUT2D eigenvalue weighted by Gasteiger charge is -2.38. The molecule has 0 aliphatic carbocycles. The zero-order valence-electron chi connectivity index (χ0n) is 11.1. The molecule has 1 saturated heterocycles. The van der Waals surface area contributed by atoms with Crippen molar-refractivity contribution in [2.24, 2.45) is 5.41 Å². The Morgan fingerprint density at radius 1 is 1.47 bits per heavy atom. The molecule has 5 heteroatoms. The number of rotatable bonds is 6. The van der Waals surface area contributed by atoms with Crippen molar-refractivity contribution in [2.45, 2.75) is 50.4 Å². The highest BCUT2D eigenvalue weighted by molar-refractivity contribution is 7.82. The van der Waals surface area contributed by atoms with Crippen LogP contribution in [0.25, 0.3) is 0 Å². The average Bonchev–Trinajstić information content (AvgIpc) is 2.51. The summed E-state index contributed by atoms with van der Waals surface area (Å²) in [5.74, 6) is 0.969. The van der Waals surface area contributed by atoms with Crippen LogP contribution in [0.15, 0.2) is 0 Å². The normalized spacial score (nSPS) is 31.1. The van der Waals surface area contributed by atoms with Gasteiger partial charge in [0.05, 0.1) is 5.37 Å². The third-order valence-corrected chi connectivity index (χ3v) is 4.77. The summed E-state index contributed by atoms with van der Waals surface area (Å²) in [6, 6.07) is 0. The first-order valence-electron chi connectivity index (χ1n) is 6.37. The summed E-state index contributed by atoms with van der Waals surface area (Å²) in [7, 11) is 0. The SMILES string of the molecule is CCC1(S)NC(S)CN1CC(C)(C)CCCS. The molecular weight excluding hydrogens is 268 g/mol. The van der Waals surface area contributed by atoms with Gasteiger partial charge in [0.15, 0.2) is 0 Å². The van der Waals surface area contributed by atoms with E-state index in [9.17, 15) is 0 Å². The quantitative estimate of drug-likeness (QED) is 0.564. The number of nitrogens with one attached hydrogen (secondary N) is 1. The van der Waals surface area contributed by atoms with E-state index in [1.807, 2.05) is 0 Å². The maximum Gasteiger partial charge on any atom is 0.117 e. The zero-order valence-corrected chi connectivity index (χ0v) is 13.8. The second-order valence-corrected chi connectivity index (χ2v) is 7.51. The van der Waals surface area contributed by atoms with Crippen LogP contribution in [0.4, 0.5) is 0 Å². The van der Waals surface area contributed by atoms with E-state index < -0.39 is 0 Å². The van der Waals surface area contributed by atoms with Crippen LogP contribution in [0, 0.1) is 5.41 Å². The van der Waals surface area contributed by atoms with E-state index in [2.05, 4.69) is 56.2 Å². The van der Waals surface area contributed by atoms with Gasteiger partial charge in [0, 0.05) is 13.1 Å². The molecule has 17 heavy (non-hydrogen) atoms. The molecule has 0 radical (unpaired) electrons. The van der Waals surface area contributed by atoms with Crippen LogP contribution in [0.2, 0.25) is 0 Å². The summed E-state index contributed by atoms with van der Waals surface area (Å²) in [4.78, 5) is 2.23. The van der Waals surface area contributed by atoms with Crippen LogP contribution in [0.1, 0.15) is 40.0 Å². The first-order valence-corrected chi connectivity index (χ1v) is 7.96. The fraction of sp³-hybridized carbons (Fsp3) is 1.00. The molecule has 1 rings (SSSR count). The highest BCUT2D eigenvalue weighted by Crippen LogP contribution is 2.34. The Kier molecular flexibility index (Phi) is 6.05. The largest absolute Gasteiger partial charge is 0.278 e. The molecule has 1 aliphatic heterocycles. The molecule has 1 N–H and O–H groups in total. The van der Waals surface area contributed by atoms with Crippen LogP contribution in [-0.4, -0.2) is 34.1 Å². The summed E-state index contributed by atoms with van der Waals surface area (Å²) in [5, 5.41) is 3.68. The first-order chi connectivity index (χ1) is 7.83. The maximum absolute atomic E-state index is 4.79. The lowest BCUT2D eigenvalue weighted by molar-refractivity contribution is 0.130. The maximum atomic E-state index is 4.79. The monoisotopic (exact) mass is 294 g/mol. The molecule has 0 aromatic carbocycles. The molecule has 0 aromatic heterocycles. The van der Waals surface area contributed by atoms with E-state index >= 15 is 0 Å². The Morgan fingerprint density at radius 3 is 2.65 bits per heavy atom. The van der Waals surface area contributed by atoms with Crippen molar-refractivity contribution in [1.82, 2.24) is 10.2 Å². The van der Waals surface area contributed by atoms with Gasteiger partial charge < -0.3 is 0 Å². The van der Waals surface area contributed by atoms with Crippen LogP contribution < -0.4 is 5.32 Å². The molecule has 0 saturated carbocycles. The van der Waals surface area contributed by atoms with Gasteiger partial charge in [-0.25, -0.2) is 0 Å². The third-order valence-electron chi connectivity index (χ3n) is 3.44. The Hall–Kier alpha value is 0.970. The minimum absolute atomic E-state index is 0.190. The van der Waals surface area contributed by atoms with Crippen LogP contribution in [0.5, 0.6) is 0 Å². The van der Waals surface area contributed by atoms with Crippen LogP contribution >= 0.6 is 37.9 Å². The van der Waals surface area contributed by atoms with Gasteiger partial charge in [0.25, 0.3) is 0 Å². The lowest BCUT2D eigenvalue weighted by Crippen LogP contribution is -2.49. The van der Waals surface area contributed by atoms with Crippen molar-refractivity contribution in [2.75, 3.05) is 18.8 Å². The highest BCUT2D eigenvalue weighted by Gasteiger charge is 2.41. The van der Waals surface area contributed by atoms with Gasteiger partial charge in [-0.2, -0.15) is 25.3 Å². The minimum Gasteiger partial charge on any atom is -0.278 e. The lowest BCUT2D eigenvalue weighted by atomic mass is 9.87. The van der Waals surface area contributed by atoms with E-state index in [0.29, 0.717) is 5.41 Å². The van der Waals surface area contributed by atoms with Crippen molar-refractivity contribution < 1.29 is 0 Å². The van der Waals surface area contributed by atoms with Gasteiger partial charge in [0.1, 0.15) is 4.99 Å². The topological polar surface area (TPSA) is 15.3 Å². The summed E-state index contributed by atoms with van der Waals surface area (Å²) in [6.07, 6.45) is 3.36. The van der Waals surface area contributed by atoms with Crippen molar-refractivity contribution in [1.29, 1.82) is 0 Å². The van der Waals surface area contributed by atoms with Gasteiger partial charge in [0.2, 0.25) is 0 Å². The number of nitrogens with zero attached hydrogens (tertiary/aromatic N) is 1. The predicted molar refractivity (Wildman–Crippen MR) is 86.4 cm³/mol. The Labute approximate surface area is 123 Å². The standard InChI is InChI=1S/C12H26N2S3/c1-4-12(17)13-10(16)8-14(12)9-11(2,3)6-5-7-15/h10,13,15-17H,4-9H2,1-3H3. The van der Waals surface area contributed by atoms with Gasteiger partial charge in [-0.05, 0) is 30.4 Å². The molecule has 1 heterocycles. The number of thiol groups is 3. The smallest absolute Gasteiger partial charge is 0.117 e. The van der Waals surface area contributed by atoms with E-state index in [1.165, 1.54) is 12.8 Å². The van der Waals surface area contributed by atoms with Gasteiger partial charge in [-0.1, -0.05) is 20.8 Å². The van der Waals surface area contributed by atoms with E-state index in [4.69, 9.17) is 12.6 Å². The second kappa shape index (κ2) is 6.42. The van der Waals surface area contributed by atoms with E-state index in [1.54, 1.807) is 0 Å². The summed E-state index contributed by atoms with van der Waals surface area (Å²) in [6.45, 7) is 8.84. The first kappa shape index (κ1) is 16.0. The number of hydrogen-bond acceptors (Lipinski definition) is 5. The Bertz CT molecular complexity index is 248. The third kappa shape index (κ3) is 4.53. The molecular formula is C12H26N2S3. The van der Waals surface area contributed by atoms with Crippen molar-refractivity contribution in [3.63, 3.8) is 0 Å². The fourth-order valence-corrected chi connectivity index (χ4v) is 3.42. The molecule has 2 unspecified atom stereocenters. The zero-order chi connectivity index (χ0) is 13.1. The molecule has 1 fully saturated rings. The molecule has 0 spiro atoms. The molecule has 0 bridgehead atoms. The fourth-order valence-electron chi connectivity index (χ4n) is 2.44. The van der Waals surface area contributed by atoms with Crippen LogP contribution in [0.3, 0.4) is 0 Å². The molecule has 2 nitrogen and oxygen atoms in total. The van der Waals surface area contributed by atoms with Gasteiger partial charge >= 0.3 is 0 Å².